The number of carbonyl (C=O) groups excluding carboxylic acids is 1. The fraction of sp³-hybridized carbons (Fsp3) is 0.107. The smallest absolute Gasteiger partial charge is 0.343 e. The first-order valence-electron chi connectivity index (χ1n) is 11.2. The highest BCUT2D eigenvalue weighted by Gasteiger charge is 2.22. The van der Waals surface area contributed by atoms with E-state index in [1.165, 1.54) is 18.4 Å². The molecule has 180 valence electrons. The molecule has 1 aliphatic rings. The highest BCUT2D eigenvalue weighted by molar-refractivity contribution is 7.07. The molecule has 1 aromatic heterocycles. The average Bonchev–Trinajstić information content (AvgIpc) is 3.23. The minimum atomic E-state index is -0.486. The molecule has 0 amide bonds. The van der Waals surface area contributed by atoms with Gasteiger partial charge in [0, 0.05) is 10.6 Å². The minimum absolute atomic E-state index is 0.162. The lowest BCUT2D eigenvalue weighted by atomic mass is 10.0. The first-order chi connectivity index (χ1) is 17.5. The van der Waals surface area contributed by atoms with E-state index in [2.05, 4.69) is 4.74 Å². The quantitative estimate of drug-likeness (QED) is 0.360. The molecule has 1 atom stereocenters. The van der Waals surface area contributed by atoms with Gasteiger partial charge in [0.15, 0.2) is 11.4 Å². The second-order valence-electron chi connectivity index (χ2n) is 8.00. The minimum Gasteiger partial charge on any atom is -0.481 e. The van der Waals surface area contributed by atoms with Gasteiger partial charge >= 0.3 is 5.97 Å². The standard InChI is InChI=1S/C28H21ClN2O4S/c1-34-26(32)17-35-24-10-6-5-9-20(24)15-25-27(33)31-23(19-11-13-21(29)14-12-19)16-22(30-28(31)36-25)18-7-3-2-4-8-18/h2-16,23H,17H2,1H3. The molecule has 0 saturated heterocycles. The molecule has 8 heteroatoms. The van der Waals surface area contributed by atoms with Crippen LogP contribution in [0, 0.1) is 0 Å². The maximum atomic E-state index is 13.6. The van der Waals surface area contributed by atoms with Crippen molar-refractivity contribution in [3.63, 3.8) is 0 Å². The second kappa shape index (κ2) is 10.4. The first-order valence-corrected chi connectivity index (χ1v) is 12.4. The van der Waals surface area contributed by atoms with E-state index in [1.54, 1.807) is 22.8 Å². The number of aromatic nitrogens is 1. The summed E-state index contributed by atoms with van der Waals surface area (Å²) >= 11 is 7.43. The molecule has 0 aliphatic carbocycles. The molecule has 1 aliphatic heterocycles. The van der Waals surface area contributed by atoms with E-state index in [-0.39, 0.29) is 18.2 Å². The number of esters is 1. The largest absolute Gasteiger partial charge is 0.481 e. The predicted molar refractivity (Wildman–Crippen MR) is 141 cm³/mol. The number of halogens is 1. The molecule has 0 N–H and O–H groups in total. The third kappa shape index (κ3) is 4.89. The molecule has 0 fully saturated rings. The van der Waals surface area contributed by atoms with Crippen LogP contribution in [0.4, 0.5) is 0 Å². The topological polar surface area (TPSA) is 69.9 Å². The Morgan fingerprint density at radius 3 is 2.53 bits per heavy atom. The summed E-state index contributed by atoms with van der Waals surface area (Å²) in [5.74, 6) is -0.00598. The average molecular weight is 517 g/mol. The molecule has 4 aromatic rings. The molecule has 0 radical (unpaired) electrons. The molecule has 5 rings (SSSR count). The van der Waals surface area contributed by atoms with Crippen LogP contribution in [0.25, 0.3) is 11.8 Å². The van der Waals surface area contributed by atoms with Gasteiger partial charge in [0.1, 0.15) is 5.75 Å². The Morgan fingerprint density at radius 2 is 1.78 bits per heavy atom. The SMILES string of the molecule is COC(=O)COc1ccccc1C=c1sc2n(c1=O)C(c1ccc(Cl)cc1)C=C(c1ccccc1)N=2. The maximum Gasteiger partial charge on any atom is 0.343 e. The predicted octanol–water partition coefficient (Wildman–Crippen LogP) is 4.21. The van der Waals surface area contributed by atoms with Crippen molar-refractivity contribution >= 4 is 40.7 Å². The van der Waals surface area contributed by atoms with Crippen molar-refractivity contribution in [2.24, 2.45) is 4.99 Å². The number of nitrogens with zero attached hydrogens (tertiary/aromatic N) is 2. The van der Waals surface area contributed by atoms with Gasteiger partial charge in [-0.05, 0) is 41.5 Å². The zero-order valence-corrected chi connectivity index (χ0v) is 20.8. The number of ether oxygens (including phenoxy) is 2. The van der Waals surface area contributed by atoms with Gasteiger partial charge in [0.05, 0.1) is 23.4 Å². The third-order valence-electron chi connectivity index (χ3n) is 5.71. The van der Waals surface area contributed by atoms with E-state index in [1.807, 2.05) is 72.8 Å². The van der Waals surface area contributed by atoms with Crippen molar-refractivity contribution in [2.45, 2.75) is 6.04 Å². The lowest BCUT2D eigenvalue weighted by Gasteiger charge is -2.19. The van der Waals surface area contributed by atoms with E-state index in [9.17, 15) is 9.59 Å². The van der Waals surface area contributed by atoms with Crippen molar-refractivity contribution in [2.75, 3.05) is 13.7 Å². The van der Waals surface area contributed by atoms with Crippen molar-refractivity contribution < 1.29 is 14.3 Å². The fourth-order valence-corrected chi connectivity index (χ4v) is 5.05. The summed E-state index contributed by atoms with van der Waals surface area (Å²) in [6, 6.07) is 24.2. The van der Waals surface area contributed by atoms with E-state index in [4.69, 9.17) is 21.3 Å². The monoisotopic (exact) mass is 516 g/mol. The Hall–Kier alpha value is -3.94. The Kier molecular flexibility index (Phi) is 6.84. The van der Waals surface area contributed by atoms with Gasteiger partial charge < -0.3 is 9.47 Å². The number of methoxy groups -OCH3 is 1. The Bertz CT molecular complexity index is 1620. The third-order valence-corrected chi connectivity index (χ3v) is 6.94. The van der Waals surface area contributed by atoms with Crippen LogP contribution in [0.5, 0.6) is 5.75 Å². The number of carbonyl (C=O) groups is 1. The lowest BCUT2D eigenvalue weighted by molar-refractivity contribution is -0.142. The van der Waals surface area contributed by atoms with Gasteiger partial charge in [-0.2, -0.15) is 0 Å². The summed E-state index contributed by atoms with van der Waals surface area (Å²) in [6.45, 7) is -0.223. The molecular weight excluding hydrogens is 496 g/mol. The molecule has 1 unspecified atom stereocenters. The van der Waals surface area contributed by atoms with Gasteiger partial charge in [-0.15, -0.1) is 0 Å². The van der Waals surface area contributed by atoms with Gasteiger partial charge in [0.2, 0.25) is 0 Å². The second-order valence-corrected chi connectivity index (χ2v) is 9.44. The molecule has 6 nitrogen and oxygen atoms in total. The molecule has 2 heterocycles. The number of fused-ring (bicyclic) bond motifs is 1. The van der Waals surface area contributed by atoms with Gasteiger partial charge in [-0.1, -0.05) is 83.6 Å². The summed E-state index contributed by atoms with van der Waals surface area (Å²) in [5, 5.41) is 0.627. The zero-order chi connectivity index (χ0) is 25.1. The number of hydrogen-bond donors (Lipinski definition) is 0. The molecule has 3 aromatic carbocycles. The number of rotatable bonds is 6. The van der Waals surface area contributed by atoms with Crippen molar-refractivity contribution in [1.82, 2.24) is 4.57 Å². The van der Waals surface area contributed by atoms with E-state index in [0.717, 1.165) is 16.8 Å². The van der Waals surface area contributed by atoms with E-state index < -0.39 is 5.97 Å². The van der Waals surface area contributed by atoms with Gasteiger partial charge in [-0.3, -0.25) is 9.36 Å². The normalized spacial score (nSPS) is 15.0. The van der Waals surface area contributed by atoms with Crippen LogP contribution in [0.3, 0.4) is 0 Å². The number of allylic oxidation sites excluding steroid dienone is 1. The van der Waals surface area contributed by atoms with Crippen LogP contribution in [-0.4, -0.2) is 24.3 Å². The van der Waals surface area contributed by atoms with Crippen LogP contribution >= 0.6 is 22.9 Å². The van der Waals surface area contributed by atoms with Gasteiger partial charge in [-0.25, -0.2) is 9.79 Å². The number of benzene rings is 3. The van der Waals surface area contributed by atoms with Crippen molar-refractivity contribution in [3.8, 4) is 5.75 Å². The van der Waals surface area contributed by atoms with Crippen molar-refractivity contribution in [1.29, 1.82) is 0 Å². The van der Waals surface area contributed by atoms with E-state index >= 15 is 0 Å². The van der Waals surface area contributed by atoms with E-state index in [0.29, 0.717) is 25.7 Å². The molecular formula is C28H21ClN2O4S. The molecule has 36 heavy (non-hydrogen) atoms. The highest BCUT2D eigenvalue weighted by Crippen LogP contribution is 2.27. The van der Waals surface area contributed by atoms with Gasteiger partial charge in [0.25, 0.3) is 5.56 Å². The number of para-hydroxylation sites is 1. The number of thiazole rings is 1. The molecule has 0 spiro atoms. The van der Waals surface area contributed by atoms with Crippen LogP contribution in [-0.2, 0) is 9.53 Å². The van der Waals surface area contributed by atoms with Crippen LogP contribution < -0.4 is 19.6 Å². The first kappa shape index (κ1) is 23.8. The Morgan fingerprint density at radius 1 is 1.06 bits per heavy atom. The lowest BCUT2D eigenvalue weighted by Crippen LogP contribution is -2.36. The summed E-state index contributed by atoms with van der Waals surface area (Å²) in [7, 11) is 1.30. The Balaban J connectivity index is 1.65. The highest BCUT2D eigenvalue weighted by atomic mass is 35.5. The summed E-state index contributed by atoms with van der Waals surface area (Å²) in [5.41, 5.74) is 3.21. The summed E-state index contributed by atoms with van der Waals surface area (Å²) in [4.78, 5) is 30.6. The summed E-state index contributed by atoms with van der Waals surface area (Å²) in [6.07, 6.45) is 3.76. The number of hydrogen-bond acceptors (Lipinski definition) is 6. The molecule has 0 bridgehead atoms. The van der Waals surface area contributed by atoms with Crippen LogP contribution in [0.15, 0.2) is 94.7 Å². The molecule has 0 saturated carbocycles. The van der Waals surface area contributed by atoms with Crippen LogP contribution in [0.2, 0.25) is 5.02 Å². The Labute approximate surface area is 216 Å². The van der Waals surface area contributed by atoms with Crippen LogP contribution in [0.1, 0.15) is 22.7 Å². The fourth-order valence-electron chi connectivity index (χ4n) is 3.92. The zero-order valence-electron chi connectivity index (χ0n) is 19.3. The summed E-state index contributed by atoms with van der Waals surface area (Å²) < 4.78 is 12.5. The maximum absolute atomic E-state index is 13.6. The van der Waals surface area contributed by atoms with Crippen molar-refractivity contribution in [3.05, 3.63) is 126 Å².